The SMILES string of the molecule is CO/C(=C\C(=O)OC(C)(C)C)C(C)(C)C(=O)[C@H](C)[C@@H](O)[C@@H](C)c1ccccc1. The molecule has 1 aromatic carbocycles. The van der Waals surface area contributed by atoms with Gasteiger partial charge < -0.3 is 14.6 Å². The largest absolute Gasteiger partial charge is 0.500 e. The lowest BCUT2D eigenvalue weighted by Crippen LogP contribution is -2.39. The minimum Gasteiger partial charge on any atom is -0.500 e. The molecule has 0 radical (unpaired) electrons. The predicted octanol–water partition coefficient (Wildman–Crippen LogP) is 4.25. The monoisotopic (exact) mass is 390 g/mol. The van der Waals surface area contributed by atoms with Gasteiger partial charge in [0.1, 0.15) is 11.4 Å². The minimum atomic E-state index is -1.09. The highest BCUT2D eigenvalue weighted by molar-refractivity contribution is 5.91. The van der Waals surface area contributed by atoms with Crippen LogP contribution in [0.4, 0.5) is 0 Å². The first-order chi connectivity index (χ1) is 12.8. The third-order valence-electron chi connectivity index (χ3n) is 4.87. The fourth-order valence-corrected chi connectivity index (χ4v) is 3.17. The number of ether oxygens (including phenoxy) is 2. The number of allylic oxidation sites excluding steroid dienone is 1. The van der Waals surface area contributed by atoms with Gasteiger partial charge in [0.25, 0.3) is 0 Å². The van der Waals surface area contributed by atoms with E-state index < -0.39 is 29.0 Å². The van der Waals surface area contributed by atoms with Crippen LogP contribution in [0.1, 0.15) is 59.9 Å². The number of aliphatic hydroxyl groups excluding tert-OH is 1. The molecule has 1 N–H and O–H groups in total. The second-order valence-electron chi connectivity index (χ2n) is 8.71. The molecule has 0 fully saturated rings. The zero-order valence-corrected chi connectivity index (χ0v) is 18.3. The first kappa shape index (κ1) is 23.9. The Hall–Kier alpha value is -2.14. The molecule has 0 aromatic heterocycles. The van der Waals surface area contributed by atoms with Crippen LogP contribution in [0.15, 0.2) is 42.2 Å². The van der Waals surface area contributed by atoms with Gasteiger partial charge in [-0.05, 0) is 40.2 Å². The van der Waals surface area contributed by atoms with Crippen molar-refractivity contribution in [2.45, 2.75) is 66.1 Å². The van der Waals surface area contributed by atoms with Gasteiger partial charge in [-0.15, -0.1) is 0 Å². The van der Waals surface area contributed by atoms with Gasteiger partial charge in [-0.1, -0.05) is 44.2 Å². The zero-order valence-electron chi connectivity index (χ0n) is 18.3. The number of Topliss-reactive ketones (excluding diaryl/α,β-unsaturated/α-hetero) is 1. The number of carbonyl (C=O) groups is 2. The maximum atomic E-state index is 13.2. The second kappa shape index (κ2) is 9.37. The van der Waals surface area contributed by atoms with Crippen LogP contribution in [-0.4, -0.2) is 35.7 Å². The number of benzene rings is 1. The maximum absolute atomic E-state index is 13.2. The Balaban J connectivity index is 3.03. The molecule has 0 spiro atoms. The van der Waals surface area contributed by atoms with Crippen molar-refractivity contribution < 1.29 is 24.2 Å². The Labute approximate surface area is 168 Å². The van der Waals surface area contributed by atoms with Crippen molar-refractivity contribution >= 4 is 11.8 Å². The summed E-state index contributed by atoms with van der Waals surface area (Å²) in [5.41, 5.74) is -0.777. The van der Waals surface area contributed by atoms with Crippen molar-refractivity contribution in [2.75, 3.05) is 7.11 Å². The highest BCUT2D eigenvalue weighted by Crippen LogP contribution is 2.35. The number of carbonyl (C=O) groups excluding carboxylic acids is 2. The van der Waals surface area contributed by atoms with Crippen LogP contribution < -0.4 is 0 Å². The fraction of sp³-hybridized carbons (Fsp3) is 0.565. The van der Waals surface area contributed by atoms with E-state index in [2.05, 4.69) is 0 Å². The van der Waals surface area contributed by atoms with Gasteiger partial charge in [-0.25, -0.2) is 4.79 Å². The summed E-state index contributed by atoms with van der Waals surface area (Å²) >= 11 is 0. The summed E-state index contributed by atoms with van der Waals surface area (Å²) in [5.74, 6) is -1.44. The standard InChI is InChI=1S/C23H34O5/c1-15(17-12-10-9-11-13-17)20(25)16(2)21(26)23(6,7)18(27-8)14-19(24)28-22(3,4)5/h9-16,20,25H,1-8H3/b18-14-/t15-,16+,20-/m0/s1. The molecule has 1 rings (SSSR count). The van der Waals surface area contributed by atoms with Crippen LogP contribution in [0.25, 0.3) is 0 Å². The molecule has 0 aliphatic carbocycles. The van der Waals surface area contributed by atoms with Crippen molar-refractivity contribution in [2.24, 2.45) is 11.3 Å². The quantitative estimate of drug-likeness (QED) is 0.408. The topological polar surface area (TPSA) is 72.8 Å². The molecule has 0 aliphatic rings. The van der Waals surface area contributed by atoms with E-state index in [4.69, 9.17) is 9.47 Å². The summed E-state index contributed by atoms with van der Waals surface area (Å²) in [6.07, 6.45) is 0.344. The van der Waals surface area contributed by atoms with Crippen molar-refractivity contribution in [3.8, 4) is 0 Å². The molecule has 156 valence electrons. The number of hydrogen-bond donors (Lipinski definition) is 1. The Morgan fingerprint density at radius 3 is 2.04 bits per heavy atom. The summed E-state index contributed by atoms with van der Waals surface area (Å²) < 4.78 is 10.6. The molecule has 0 saturated heterocycles. The molecule has 3 atom stereocenters. The normalized spacial score (nSPS) is 16.1. The zero-order chi connectivity index (χ0) is 21.7. The smallest absolute Gasteiger partial charge is 0.334 e. The van der Waals surface area contributed by atoms with Crippen LogP contribution in [-0.2, 0) is 19.1 Å². The third-order valence-corrected chi connectivity index (χ3v) is 4.87. The molecule has 0 bridgehead atoms. The summed E-state index contributed by atoms with van der Waals surface area (Å²) in [6.45, 7) is 12.3. The van der Waals surface area contributed by atoms with E-state index >= 15 is 0 Å². The van der Waals surface area contributed by atoms with Crippen LogP contribution in [0.3, 0.4) is 0 Å². The van der Waals surface area contributed by atoms with E-state index in [1.807, 2.05) is 37.3 Å². The van der Waals surface area contributed by atoms with Gasteiger partial charge in [-0.3, -0.25) is 4.79 Å². The van der Waals surface area contributed by atoms with Gasteiger partial charge in [0.2, 0.25) is 0 Å². The van der Waals surface area contributed by atoms with Crippen molar-refractivity contribution in [1.29, 1.82) is 0 Å². The van der Waals surface area contributed by atoms with Crippen molar-refractivity contribution in [3.63, 3.8) is 0 Å². The molecular weight excluding hydrogens is 356 g/mol. The first-order valence-electron chi connectivity index (χ1n) is 9.57. The summed E-state index contributed by atoms with van der Waals surface area (Å²) in [6, 6.07) is 9.58. The van der Waals surface area contributed by atoms with E-state index in [1.165, 1.54) is 13.2 Å². The Kier molecular flexibility index (Phi) is 8.00. The lowest BCUT2D eigenvalue weighted by molar-refractivity contribution is -0.148. The molecule has 0 heterocycles. The van der Waals surface area contributed by atoms with Gasteiger partial charge in [-0.2, -0.15) is 0 Å². The molecule has 0 aliphatic heterocycles. The molecule has 5 heteroatoms. The Morgan fingerprint density at radius 2 is 1.57 bits per heavy atom. The molecular formula is C23H34O5. The lowest BCUT2D eigenvalue weighted by Gasteiger charge is -2.32. The highest BCUT2D eigenvalue weighted by atomic mass is 16.6. The van der Waals surface area contributed by atoms with E-state index in [-0.39, 0.29) is 17.5 Å². The predicted molar refractivity (Wildman–Crippen MR) is 110 cm³/mol. The Morgan fingerprint density at radius 1 is 1.04 bits per heavy atom. The maximum Gasteiger partial charge on any atom is 0.334 e. The average Bonchev–Trinajstić information content (AvgIpc) is 2.62. The van der Waals surface area contributed by atoms with E-state index in [9.17, 15) is 14.7 Å². The molecule has 5 nitrogen and oxygen atoms in total. The van der Waals surface area contributed by atoms with Crippen LogP contribution >= 0.6 is 0 Å². The molecule has 0 unspecified atom stereocenters. The second-order valence-corrected chi connectivity index (χ2v) is 8.71. The molecule has 28 heavy (non-hydrogen) atoms. The Bertz CT molecular complexity index is 697. The van der Waals surface area contributed by atoms with E-state index in [1.54, 1.807) is 41.5 Å². The molecule has 0 saturated carbocycles. The fourth-order valence-electron chi connectivity index (χ4n) is 3.17. The van der Waals surface area contributed by atoms with Crippen LogP contribution in [0.5, 0.6) is 0 Å². The molecule has 0 amide bonds. The molecule has 1 aromatic rings. The lowest BCUT2D eigenvalue weighted by atomic mass is 9.75. The summed E-state index contributed by atoms with van der Waals surface area (Å²) in [5, 5.41) is 10.8. The van der Waals surface area contributed by atoms with Crippen LogP contribution in [0, 0.1) is 11.3 Å². The van der Waals surface area contributed by atoms with Gasteiger partial charge >= 0.3 is 5.97 Å². The number of aliphatic hydroxyl groups is 1. The van der Waals surface area contributed by atoms with Gasteiger partial charge in [0.05, 0.1) is 24.7 Å². The average molecular weight is 391 g/mol. The van der Waals surface area contributed by atoms with Crippen LogP contribution in [0.2, 0.25) is 0 Å². The van der Waals surface area contributed by atoms with E-state index in [0.717, 1.165) is 5.56 Å². The van der Waals surface area contributed by atoms with Gasteiger partial charge in [0, 0.05) is 11.8 Å². The van der Waals surface area contributed by atoms with E-state index in [0.29, 0.717) is 0 Å². The number of rotatable bonds is 8. The van der Waals surface area contributed by atoms with Crippen molar-refractivity contribution in [1.82, 2.24) is 0 Å². The third kappa shape index (κ3) is 6.20. The summed E-state index contributed by atoms with van der Waals surface area (Å²) in [4.78, 5) is 25.3. The van der Waals surface area contributed by atoms with Crippen molar-refractivity contribution in [3.05, 3.63) is 47.7 Å². The number of hydrogen-bond acceptors (Lipinski definition) is 5. The highest BCUT2D eigenvalue weighted by Gasteiger charge is 2.40. The minimum absolute atomic E-state index is 0.207. The summed E-state index contributed by atoms with van der Waals surface area (Å²) in [7, 11) is 1.42. The number of esters is 1. The van der Waals surface area contributed by atoms with Gasteiger partial charge in [0.15, 0.2) is 5.78 Å². The number of methoxy groups -OCH3 is 1. The number of ketones is 1. The first-order valence-corrected chi connectivity index (χ1v) is 9.57.